The maximum atomic E-state index is 11.9. The zero-order valence-electron chi connectivity index (χ0n) is 13.0. The Balaban J connectivity index is 2.04. The van der Waals surface area contributed by atoms with Crippen LogP contribution in [0.5, 0.6) is 0 Å². The van der Waals surface area contributed by atoms with Gasteiger partial charge in [0.1, 0.15) is 6.17 Å². The van der Waals surface area contributed by atoms with Gasteiger partial charge in [-0.1, -0.05) is 46.3 Å². The maximum absolute atomic E-state index is 11.9. The summed E-state index contributed by atoms with van der Waals surface area (Å²) in [5, 5.41) is 3.00. The molecule has 118 valence electrons. The molecule has 5 heteroatoms. The fourth-order valence-electron chi connectivity index (χ4n) is 2.78. The van der Waals surface area contributed by atoms with Gasteiger partial charge in [0.05, 0.1) is 11.2 Å². The van der Waals surface area contributed by atoms with Gasteiger partial charge in [0.2, 0.25) is 5.91 Å². The normalized spacial score (nSPS) is 18.0. The molecule has 2 heterocycles. The third-order valence-corrected chi connectivity index (χ3v) is 4.59. The Hall–Kier alpha value is -2.14. The van der Waals surface area contributed by atoms with E-state index in [1.165, 1.54) is 5.56 Å². The van der Waals surface area contributed by atoms with Gasteiger partial charge in [0.25, 0.3) is 0 Å². The van der Waals surface area contributed by atoms with Gasteiger partial charge in [0.15, 0.2) is 0 Å². The van der Waals surface area contributed by atoms with Gasteiger partial charge in [-0.15, -0.1) is 0 Å². The van der Waals surface area contributed by atoms with E-state index in [4.69, 9.17) is 0 Å². The van der Waals surface area contributed by atoms with Crippen molar-refractivity contribution in [2.45, 2.75) is 25.6 Å². The summed E-state index contributed by atoms with van der Waals surface area (Å²) in [5.74, 6) is -0.114. The number of carbonyl (C=O) groups is 1. The lowest BCUT2D eigenvalue weighted by atomic mass is 9.91. The third-order valence-electron chi connectivity index (χ3n) is 4.09. The van der Waals surface area contributed by atoms with Crippen molar-refractivity contribution in [1.82, 2.24) is 15.2 Å². The predicted molar refractivity (Wildman–Crippen MR) is 93.3 cm³/mol. The van der Waals surface area contributed by atoms with Crippen LogP contribution in [0.1, 0.15) is 31.3 Å². The quantitative estimate of drug-likeness (QED) is 0.893. The van der Waals surface area contributed by atoms with Crippen LogP contribution < -0.4 is 5.32 Å². The first kappa shape index (κ1) is 15.7. The first-order chi connectivity index (χ1) is 11.0. The predicted octanol–water partition coefficient (Wildman–Crippen LogP) is 3.72. The molecular formula is C18H18BrN3O. The highest BCUT2D eigenvalue weighted by Gasteiger charge is 2.36. The van der Waals surface area contributed by atoms with Crippen molar-refractivity contribution in [1.29, 1.82) is 0 Å². The lowest BCUT2D eigenvalue weighted by Crippen LogP contribution is -2.49. The SMILES string of the molecule is CC(C)(c1ccccc1)N1C=CC(=O)NC1c1cc(Br)ccn1. The number of nitrogens with zero attached hydrogens (tertiary/aromatic N) is 2. The summed E-state index contributed by atoms with van der Waals surface area (Å²) < 4.78 is 0.934. The number of hydrogen-bond acceptors (Lipinski definition) is 3. The molecule has 0 saturated carbocycles. The van der Waals surface area contributed by atoms with Crippen LogP contribution in [0.25, 0.3) is 0 Å². The summed E-state index contributed by atoms with van der Waals surface area (Å²) in [6.07, 6.45) is 4.82. The zero-order chi connectivity index (χ0) is 16.4. The molecule has 1 N–H and O–H groups in total. The summed E-state index contributed by atoms with van der Waals surface area (Å²) in [5.41, 5.74) is 1.65. The summed E-state index contributed by atoms with van der Waals surface area (Å²) in [4.78, 5) is 18.4. The topological polar surface area (TPSA) is 45.2 Å². The minimum absolute atomic E-state index is 0.114. The number of carbonyl (C=O) groups excluding carboxylic acids is 1. The molecule has 4 nitrogen and oxygen atoms in total. The van der Waals surface area contributed by atoms with E-state index in [1.807, 2.05) is 36.5 Å². The van der Waals surface area contributed by atoms with Crippen molar-refractivity contribution < 1.29 is 4.79 Å². The third kappa shape index (κ3) is 3.15. The highest BCUT2D eigenvalue weighted by atomic mass is 79.9. The van der Waals surface area contributed by atoms with Gasteiger partial charge in [-0.05, 0) is 31.5 Å². The van der Waals surface area contributed by atoms with Crippen molar-refractivity contribution in [2.24, 2.45) is 0 Å². The highest BCUT2D eigenvalue weighted by molar-refractivity contribution is 9.10. The Labute approximate surface area is 144 Å². The summed E-state index contributed by atoms with van der Waals surface area (Å²) in [7, 11) is 0. The lowest BCUT2D eigenvalue weighted by molar-refractivity contribution is -0.120. The molecule has 1 aliphatic rings. The van der Waals surface area contributed by atoms with Crippen LogP contribution in [0.3, 0.4) is 0 Å². The summed E-state index contributed by atoms with van der Waals surface area (Å²) >= 11 is 3.47. The Morgan fingerprint density at radius 1 is 1.22 bits per heavy atom. The molecule has 1 amide bonds. The standard InChI is InChI=1S/C18H18BrN3O/c1-18(2,13-6-4-3-5-7-13)22-11-9-16(23)21-17(22)15-12-14(19)8-10-20-15/h3-12,17H,1-2H3,(H,21,23). The molecule has 3 rings (SSSR count). The Kier molecular flexibility index (Phi) is 4.22. The Bertz CT molecular complexity index is 743. The second-order valence-electron chi connectivity index (χ2n) is 5.96. The van der Waals surface area contributed by atoms with Crippen LogP contribution >= 0.6 is 15.9 Å². The van der Waals surface area contributed by atoms with E-state index >= 15 is 0 Å². The number of pyridine rings is 1. The van der Waals surface area contributed by atoms with E-state index in [0.717, 1.165) is 10.2 Å². The molecule has 0 fully saturated rings. The smallest absolute Gasteiger partial charge is 0.247 e. The van der Waals surface area contributed by atoms with Gasteiger partial charge in [-0.25, -0.2) is 0 Å². The first-order valence-corrected chi connectivity index (χ1v) is 8.22. The van der Waals surface area contributed by atoms with Crippen molar-refractivity contribution in [3.8, 4) is 0 Å². The molecule has 0 radical (unpaired) electrons. The van der Waals surface area contributed by atoms with E-state index in [1.54, 1.807) is 12.3 Å². The van der Waals surface area contributed by atoms with Crippen LogP contribution in [-0.2, 0) is 10.3 Å². The number of rotatable bonds is 3. The van der Waals surface area contributed by atoms with E-state index in [2.05, 4.69) is 57.1 Å². The van der Waals surface area contributed by atoms with Crippen LogP contribution in [0.2, 0.25) is 0 Å². The molecule has 0 spiro atoms. The maximum Gasteiger partial charge on any atom is 0.247 e. The number of aromatic nitrogens is 1. The largest absolute Gasteiger partial charge is 0.343 e. The molecule has 0 saturated heterocycles. The second kappa shape index (κ2) is 6.16. The molecule has 23 heavy (non-hydrogen) atoms. The molecule has 1 aliphatic heterocycles. The number of nitrogens with one attached hydrogen (secondary N) is 1. The van der Waals surface area contributed by atoms with Crippen LogP contribution in [0.4, 0.5) is 0 Å². The van der Waals surface area contributed by atoms with Gasteiger partial charge < -0.3 is 10.2 Å². The highest BCUT2D eigenvalue weighted by Crippen LogP contribution is 2.35. The van der Waals surface area contributed by atoms with Gasteiger partial charge in [-0.3, -0.25) is 9.78 Å². The van der Waals surface area contributed by atoms with Crippen molar-refractivity contribution in [3.63, 3.8) is 0 Å². The van der Waals surface area contributed by atoms with E-state index in [0.29, 0.717) is 0 Å². The number of hydrogen-bond donors (Lipinski definition) is 1. The van der Waals surface area contributed by atoms with Gasteiger partial charge in [-0.2, -0.15) is 0 Å². The van der Waals surface area contributed by atoms with Crippen molar-refractivity contribution in [2.75, 3.05) is 0 Å². The number of benzene rings is 1. The molecule has 1 unspecified atom stereocenters. The number of halogens is 1. The average molecular weight is 372 g/mol. The average Bonchev–Trinajstić information content (AvgIpc) is 2.55. The fourth-order valence-corrected chi connectivity index (χ4v) is 3.13. The van der Waals surface area contributed by atoms with Crippen LogP contribution in [-0.4, -0.2) is 15.8 Å². The summed E-state index contributed by atoms with van der Waals surface area (Å²) in [6.45, 7) is 4.27. The molecule has 2 aromatic rings. The second-order valence-corrected chi connectivity index (χ2v) is 6.87. The van der Waals surface area contributed by atoms with Crippen LogP contribution in [0, 0.1) is 0 Å². The molecule has 1 aromatic carbocycles. The monoisotopic (exact) mass is 371 g/mol. The zero-order valence-corrected chi connectivity index (χ0v) is 14.6. The van der Waals surface area contributed by atoms with E-state index in [9.17, 15) is 4.79 Å². The molecule has 1 aromatic heterocycles. The molecular weight excluding hydrogens is 354 g/mol. The van der Waals surface area contributed by atoms with E-state index in [-0.39, 0.29) is 17.6 Å². The Morgan fingerprint density at radius 3 is 2.65 bits per heavy atom. The number of amides is 1. The Morgan fingerprint density at radius 2 is 1.96 bits per heavy atom. The first-order valence-electron chi connectivity index (χ1n) is 7.42. The minimum atomic E-state index is -0.319. The van der Waals surface area contributed by atoms with Crippen molar-refractivity contribution in [3.05, 3.63) is 76.7 Å². The molecule has 0 aliphatic carbocycles. The minimum Gasteiger partial charge on any atom is -0.343 e. The molecule has 0 bridgehead atoms. The van der Waals surface area contributed by atoms with Gasteiger partial charge >= 0.3 is 0 Å². The van der Waals surface area contributed by atoms with E-state index < -0.39 is 0 Å². The van der Waals surface area contributed by atoms with Crippen molar-refractivity contribution >= 4 is 21.8 Å². The lowest BCUT2D eigenvalue weighted by Gasteiger charge is -2.45. The summed E-state index contributed by atoms with van der Waals surface area (Å²) in [6, 6.07) is 14.0. The van der Waals surface area contributed by atoms with Crippen LogP contribution in [0.15, 0.2) is 65.4 Å². The fraction of sp³-hybridized carbons (Fsp3) is 0.222. The molecule has 1 atom stereocenters. The van der Waals surface area contributed by atoms with Gasteiger partial charge in [0, 0.05) is 22.9 Å².